The van der Waals surface area contributed by atoms with E-state index < -0.39 is 30.1 Å². The van der Waals surface area contributed by atoms with Crippen molar-refractivity contribution in [1.82, 2.24) is 10.6 Å². The van der Waals surface area contributed by atoms with Gasteiger partial charge in [-0.15, -0.1) is 0 Å². The van der Waals surface area contributed by atoms with Crippen molar-refractivity contribution < 1.29 is 38.2 Å². The Hall–Kier alpha value is -2.69. The second-order valence-corrected chi connectivity index (χ2v) is 7.39. The first kappa shape index (κ1) is 26.3. The Bertz CT molecular complexity index is 636. The fourth-order valence-corrected chi connectivity index (χ4v) is 2.50. The fourth-order valence-electron chi connectivity index (χ4n) is 2.50. The van der Waals surface area contributed by atoms with Crippen LogP contribution in [0.5, 0.6) is 0 Å². The van der Waals surface area contributed by atoms with Gasteiger partial charge in [0.2, 0.25) is 11.8 Å². The molecule has 4 N–H and O–H groups in total. The minimum absolute atomic E-state index is 0.0485. The topological polar surface area (TPSA) is 163 Å². The van der Waals surface area contributed by atoms with Crippen molar-refractivity contribution >= 4 is 29.7 Å². The minimum Gasteiger partial charge on any atom is -0.462 e. The zero-order chi connectivity index (χ0) is 23.2. The van der Waals surface area contributed by atoms with Gasteiger partial charge in [-0.2, -0.15) is 0 Å². The number of amides is 2. The SMILES string of the molecule is CNC(=O)C(N)CCCCNC(=O)CCC(=O)OCC(COC(C)=O)OC(=O)C1CC1. The van der Waals surface area contributed by atoms with Gasteiger partial charge in [0.1, 0.15) is 13.2 Å². The van der Waals surface area contributed by atoms with Crippen LogP contribution < -0.4 is 16.4 Å². The lowest BCUT2D eigenvalue weighted by atomic mass is 10.1. The van der Waals surface area contributed by atoms with E-state index in [0.29, 0.717) is 25.8 Å². The third kappa shape index (κ3) is 12.6. The number of rotatable bonds is 15. The monoisotopic (exact) mass is 443 g/mol. The molecule has 0 aromatic rings. The van der Waals surface area contributed by atoms with E-state index in [2.05, 4.69) is 10.6 Å². The summed E-state index contributed by atoms with van der Waals surface area (Å²) in [7, 11) is 1.52. The van der Waals surface area contributed by atoms with E-state index in [-0.39, 0.29) is 43.8 Å². The van der Waals surface area contributed by atoms with Crippen molar-refractivity contribution in [1.29, 1.82) is 0 Å². The smallest absolute Gasteiger partial charge is 0.309 e. The standard InChI is InChI=1S/C20H33N3O8/c1-13(24)29-11-15(31-20(28)14-6-7-14)12-30-18(26)9-8-17(25)23-10-4-3-5-16(21)19(27)22-2/h14-16H,3-12,21H2,1-2H3,(H,22,27)(H,23,25). The van der Waals surface area contributed by atoms with Crippen LogP contribution in [0.1, 0.15) is 51.9 Å². The number of carbonyl (C=O) groups is 5. The van der Waals surface area contributed by atoms with E-state index in [0.717, 1.165) is 12.8 Å². The summed E-state index contributed by atoms with van der Waals surface area (Å²) >= 11 is 0. The summed E-state index contributed by atoms with van der Waals surface area (Å²) in [5.41, 5.74) is 5.68. The van der Waals surface area contributed by atoms with Gasteiger partial charge in [0, 0.05) is 26.9 Å². The number of carbonyl (C=O) groups excluding carboxylic acids is 5. The zero-order valence-corrected chi connectivity index (χ0v) is 18.1. The second kappa shape index (κ2) is 14.3. The molecule has 0 aromatic carbocycles. The predicted octanol–water partition coefficient (Wildman–Crippen LogP) is -0.445. The molecule has 0 bridgehead atoms. The Balaban J connectivity index is 2.18. The zero-order valence-electron chi connectivity index (χ0n) is 18.1. The van der Waals surface area contributed by atoms with Crippen LogP contribution in [0.4, 0.5) is 0 Å². The summed E-state index contributed by atoms with van der Waals surface area (Å²) in [4.78, 5) is 57.7. The molecule has 2 amide bonds. The first-order valence-corrected chi connectivity index (χ1v) is 10.5. The Kier molecular flexibility index (Phi) is 12.2. The molecule has 11 heteroatoms. The molecule has 0 aromatic heterocycles. The number of nitrogens with two attached hydrogens (primary N) is 1. The highest BCUT2D eigenvalue weighted by Gasteiger charge is 2.33. The molecular formula is C20H33N3O8. The Labute approximate surface area is 181 Å². The predicted molar refractivity (Wildman–Crippen MR) is 108 cm³/mol. The van der Waals surface area contributed by atoms with Crippen molar-refractivity contribution in [3.63, 3.8) is 0 Å². The molecule has 1 fully saturated rings. The van der Waals surface area contributed by atoms with Crippen molar-refractivity contribution in [2.75, 3.05) is 26.8 Å². The van der Waals surface area contributed by atoms with Gasteiger partial charge in [-0.05, 0) is 32.1 Å². The molecule has 1 aliphatic carbocycles. The van der Waals surface area contributed by atoms with Crippen LogP contribution >= 0.6 is 0 Å². The quantitative estimate of drug-likeness (QED) is 0.173. The summed E-state index contributed by atoms with van der Waals surface area (Å²) in [5.74, 6) is -2.22. The molecule has 0 spiro atoms. The Morgan fingerprint density at radius 2 is 1.71 bits per heavy atom. The molecule has 1 saturated carbocycles. The molecule has 1 rings (SSSR count). The van der Waals surface area contributed by atoms with Gasteiger partial charge in [0.15, 0.2) is 6.10 Å². The maximum absolute atomic E-state index is 11.9. The molecule has 31 heavy (non-hydrogen) atoms. The first-order valence-electron chi connectivity index (χ1n) is 10.5. The van der Waals surface area contributed by atoms with Gasteiger partial charge in [0.25, 0.3) is 0 Å². The van der Waals surface area contributed by atoms with E-state index in [4.69, 9.17) is 19.9 Å². The van der Waals surface area contributed by atoms with Crippen LogP contribution in [0.15, 0.2) is 0 Å². The molecular weight excluding hydrogens is 410 g/mol. The maximum atomic E-state index is 11.9. The lowest BCUT2D eigenvalue weighted by Crippen LogP contribution is -2.38. The molecule has 1 aliphatic rings. The third-order valence-electron chi connectivity index (χ3n) is 4.50. The lowest BCUT2D eigenvalue weighted by molar-refractivity contribution is -0.167. The van der Waals surface area contributed by atoms with E-state index in [1.807, 2.05) is 0 Å². The Morgan fingerprint density at radius 1 is 1.03 bits per heavy atom. The van der Waals surface area contributed by atoms with Gasteiger partial charge in [-0.3, -0.25) is 24.0 Å². The van der Waals surface area contributed by atoms with E-state index in [1.165, 1.54) is 14.0 Å². The molecule has 176 valence electrons. The molecule has 0 aliphatic heterocycles. The van der Waals surface area contributed by atoms with Crippen LogP contribution in [0.2, 0.25) is 0 Å². The van der Waals surface area contributed by atoms with Gasteiger partial charge >= 0.3 is 17.9 Å². The fraction of sp³-hybridized carbons (Fsp3) is 0.750. The normalized spacial score (nSPS) is 14.7. The van der Waals surface area contributed by atoms with E-state index in [9.17, 15) is 24.0 Å². The van der Waals surface area contributed by atoms with Crippen LogP contribution in [0.3, 0.4) is 0 Å². The third-order valence-corrected chi connectivity index (χ3v) is 4.50. The van der Waals surface area contributed by atoms with Gasteiger partial charge < -0.3 is 30.6 Å². The minimum atomic E-state index is -0.879. The molecule has 11 nitrogen and oxygen atoms in total. The lowest BCUT2D eigenvalue weighted by Gasteiger charge is -2.17. The van der Waals surface area contributed by atoms with E-state index in [1.54, 1.807) is 0 Å². The second-order valence-electron chi connectivity index (χ2n) is 7.39. The molecule has 2 atom stereocenters. The average molecular weight is 443 g/mol. The highest BCUT2D eigenvalue weighted by atomic mass is 16.6. The van der Waals surface area contributed by atoms with Crippen molar-refractivity contribution in [2.24, 2.45) is 11.7 Å². The number of unbranched alkanes of at least 4 members (excludes halogenated alkanes) is 1. The highest BCUT2D eigenvalue weighted by Crippen LogP contribution is 2.30. The number of nitrogens with one attached hydrogen (secondary N) is 2. The number of hydrogen-bond acceptors (Lipinski definition) is 9. The summed E-state index contributed by atoms with van der Waals surface area (Å²) < 4.78 is 15.1. The van der Waals surface area contributed by atoms with Crippen LogP contribution in [0, 0.1) is 5.92 Å². The van der Waals surface area contributed by atoms with Crippen LogP contribution in [-0.2, 0) is 38.2 Å². The van der Waals surface area contributed by atoms with Crippen molar-refractivity contribution in [2.45, 2.75) is 64.0 Å². The first-order chi connectivity index (χ1) is 14.7. The summed E-state index contributed by atoms with van der Waals surface area (Å²) in [6.07, 6.45) is 2.31. The number of esters is 3. The molecule has 0 saturated heterocycles. The van der Waals surface area contributed by atoms with Crippen molar-refractivity contribution in [3.8, 4) is 0 Å². The van der Waals surface area contributed by atoms with Crippen LogP contribution in [0.25, 0.3) is 0 Å². The largest absolute Gasteiger partial charge is 0.462 e. The average Bonchev–Trinajstić information content (AvgIpc) is 3.58. The van der Waals surface area contributed by atoms with Gasteiger partial charge in [-0.25, -0.2) is 0 Å². The van der Waals surface area contributed by atoms with Crippen molar-refractivity contribution in [3.05, 3.63) is 0 Å². The molecule has 0 heterocycles. The van der Waals surface area contributed by atoms with Crippen LogP contribution in [-0.4, -0.2) is 68.7 Å². The maximum Gasteiger partial charge on any atom is 0.309 e. The molecule has 0 radical (unpaired) electrons. The van der Waals surface area contributed by atoms with Gasteiger partial charge in [-0.1, -0.05) is 0 Å². The highest BCUT2D eigenvalue weighted by molar-refractivity contribution is 5.81. The summed E-state index contributed by atoms with van der Waals surface area (Å²) in [6.45, 7) is 1.18. The summed E-state index contributed by atoms with van der Waals surface area (Å²) in [5, 5.41) is 5.16. The number of ether oxygens (including phenoxy) is 3. The summed E-state index contributed by atoms with van der Waals surface area (Å²) in [6, 6.07) is -0.566. The molecule has 2 unspecified atom stereocenters. The Morgan fingerprint density at radius 3 is 2.32 bits per heavy atom. The number of likely N-dealkylation sites (N-methyl/N-ethyl adjacent to an activating group) is 1. The number of hydrogen-bond donors (Lipinski definition) is 3. The van der Waals surface area contributed by atoms with E-state index >= 15 is 0 Å². The van der Waals surface area contributed by atoms with Gasteiger partial charge in [0.05, 0.1) is 18.4 Å².